The summed E-state index contributed by atoms with van der Waals surface area (Å²) in [6, 6.07) is 14.5. The van der Waals surface area contributed by atoms with Crippen LogP contribution in [0.25, 0.3) is 0 Å². The van der Waals surface area contributed by atoms with Gasteiger partial charge in [-0.2, -0.15) is 16.9 Å². The number of methoxy groups -OCH3 is 2. The number of nitrogens with one attached hydrogen (secondary N) is 2. The number of carbonyl (C=O) groups is 2. The minimum Gasteiger partial charge on any atom is -0.497 e. The molecule has 0 aliphatic carbocycles. The van der Waals surface area contributed by atoms with Gasteiger partial charge in [0.25, 0.3) is 5.91 Å². The van der Waals surface area contributed by atoms with E-state index < -0.39 is 0 Å². The third-order valence-corrected chi connectivity index (χ3v) is 6.20. The number of amides is 2. The summed E-state index contributed by atoms with van der Waals surface area (Å²) in [6.45, 7) is 0.208. The quantitative estimate of drug-likeness (QED) is 0.458. The molecule has 9 nitrogen and oxygen atoms in total. The number of ether oxygens (including phenoxy) is 3. The number of carbonyl (C=O) groups excluding carboxylic acids is 2. The highest BCUT2D eigenvalue weighted by Crippen LogP contribution is 2.34. The first-order valence-electron chi connectivity index (χ1n) is 10.7. The fourth-order valence-electron chi connectivity index (χ4n) is 3.46. The zero-order valence-electron chi connectivity index (χ0n) is 19.0. The van der Waals surface area contributed by atoms with Crippen LogP contribution in [0.4, 0.5) is 5.82 Å². The van der Waals surface area contributed by atoms with Crippen LogP contribution in [-0.2, 0) is 34.2 Å². The van der Waals surface area contributed by atoms with E-state index in [1.165, 1.54) is 0 Å². The number of anilines is 1. The van der Waals surface area contributed by atoms with Gasteiger partial charge in [-0.15, -0.1) is 0 Å². The van der Waals surface area contributed by atoms with E-state index in [9.17, 15) is 9.59 Å². The second-order valence-corrected chi connectivity index (χ2v) is 8.55. The Balaban J connectivity index is 1.36. The van der Waals surface area contributed by atoms with Gasteiger partial charge in [0, 0.05) is 29.7 Å². The molecule has 2 amide bonds. The zero-order valence-corrected chi connectivity index (χ0v) is 19.8. The minimum absolute atomic E-state index is 0.000175. The van der Waals surface area contributed by atoms with Gasteiger partial charge in [0.15, 0.2) is 6.61 Å². The van der Waals surface area contributed by atoms with E-state index in [2.05, 4.69) is 15.7 Å². The van der Waals surface area contributed by atoms with Crippen molar-refractivity contribution < 1.29 is 23.8 Å². The number of hydrogen-bond acceptors (Lipinski definition) is 7. The molecule has 0 atom stereocenters. The van der Waals surface area contributed by atoms with Crippen LogP contribution in [0.2, 0.25) is 0 Å². The first-order valence-corrected chi connectivity index (χ1v) is 11.8. The zero-order chi connectivity index (χ0) is 23.9. The van der Waals surface area contributed by atoms with Gasteiger partial charge < -0.3 is 24.8 Å². The molecule has 3 aromatic rings. The van der Waals surface area contributed by atoms with Crippen LogP contribution < -0.4 is 24.8 Å². The summed E-state index contributed by atoms with van der Waals surface area (Å²) in [5, 5.41) is 10.3. The molecule has 1 aliphatic rings. The maximum absolute atomic E-state index is 12.6. The maximum atomic E-state index is 12.6. The molecule has 10 heteroatoms. The van der Waals surface area contributed by atoms with Crippen LogP contribution in [0.3, 0.4) is 0 Å². The van der Waals surface area contributed by atoms with Crippen molar-refractivity contribution >= 4 is 29.4 Å². The maximum Gasteiger partial charge on any atom is 0.263 e. The Morgan fingerprint density at radius 1 is 1.00 bits per heavy atom. The van der Waals surface area contributed by atoms with Crippen molar-refractivity contribution in [2.45, 2.75) is 24.6 Å². The molecular weight excluding hydrogens is 456 g/mol. The van der Waals surface area contributed by atoms with E-state index >= 15 is 0 Å². The summed E-state index contributed by atoms with van der Waals surface area (Å²) >= 11 is 1.72. The molecule has 0 saturated carbocycles. The highest BCUT2D eigenvalue weighted by molar-refractivity contribution is 7.98. The van der Waals surface area contributed by atoms with Crippen molar-refractivity contribution in [3.8, 4) is 17.2 Å². The SMILES string of the molecule is COc1ccc(CNC(=O)Cn2nc3c(c2NC(=O)COc2cccc(OC)c2)CSC3)cc1. The first-order chi connectivity index (χ1) is 16.6. The highest BCUT2D eigenvalue weighted by Gasteiger charge is 2.25. The topological polar surface area (TPSA) is 104 Å². The largest absolute Gasteiger partial charge is 0.497 e. The lowest BCUT2D eigenvalue weighted by molar-refractivity contribution is -0.122. The molecule has 178 valence electrons. The summed E-state index contributed by atoms with van der Waals surface area (Å²) in [5.41, 5.74) is 2.79. The molecule has 4 rings (SSSR count). The van der Waals surface area contributed by atoms with Crippen LogP contribution in [0.5, 0.6) is 17.2 Å². The monoisotopic (exact) mass is 482 g/mol. The number of hydrogen-bond donors (Lipinski definition) is 2. The van der Waals surface area contributed by atoms with E-state index in [0.717, 1.165) is 34.1 Å². The molecule has 2 N–H and O–H groups in total. The number of rotatable bonds is 10. The Hall–Kier alpha value is -3.66. The van der Waals surface area contributed by atoms with E-state index in [1.807, 2.05) is 24.3 Å². The molecule has 0 unspecified atom stereocenters. The molecule has 0 fully saturated rings. The number of aromatic nitrogens is 2. The van der Waals surface area contributed by atoms with Crippen LogP contribution >= 0.6 is 11.8 Å². The van der Waals surface area contributed by atoms with Crippen molar-refractivity contribution in [1.29, 1.82) is 0 Å². The van der Waals surface area contributed by atoms with Gasteiger partial charge in [-0.3, -0.25) is 9.59 Å². The first kappa shape index (κ1) is 23.5. The lowest BCUT2D eigenvalue weighted by atomic mass is 10.2. The average molecular weight is 483 g/mol. The van der Waals surface area contributed by atoms with Crippen LogP contribution in [0.1, 0.15) is 16.8 Å². The van der Waals surface area contributed by atoms with E-state index in [4.69, 9.17) is 14.2 Å². The number of nitrogens with zero attached hydrogens (tertiary/aromatic N) is 2. The van der Waals surface area contributed by atoms with Crippen molar-refractivity contribution in [3.05, 3.63) is 65.4 Å². The third-order valence-electron chi connectivity index (χ3n) is 5.23. The van der Waals surface area contributed by atoms with Crippen molar-refractivity contribution in [2.75, 3.05) is 26.1 Å². The van der Waals surface area contributed by atoms with Gasteiger partial charge in [-0.05, 0) is 29.8 Å². The standard InChI is InChI=1S/C24H26N4O5S/c1-31-17-8-6-16(7-9-17)11-25-22(29)12-28-24(20-14-34-15-21(20)27-28)26-23(30)13-33-19-5-3-4-18(10-19)32-2/h3-10H,11-15H2,1-2H3,(H,25,29)(H,26,30). The third kappa shape index (κ3) is 5.82. The Bertz CT molecular complexity index is 1160. The van der Waals surface area contributed by atoms with Gasteiger partial charge >= 0.3 is 0 Å². The second kappa shape index (κ2) is 11.0. The lowest BCUT2D eigenvalue weighted by Crippen LogP contribution is -2.29. The molecule has 1 aliphatic heterocycles. The summed E-state index contributed by atoms with van der Waals surface area (Å²) in [4.78, 5) is 25.2. The van der Waals surface area contributed by atoms with E-state index in [1.54, 1.807) is 54.9 Å². The van der Waals surface area contributed by atoms with Crippen molar-refractivity contribution in [2.24, 2.45) is 0 Å². The lowest BCUT2D eigenvalue weighted by Gasteiger charge is -2.12. The highest BCUT2D eigenvalue weighted by atomic mass is 32.2. The summed E-state index contributed by atoms with van der Waals surface area (Å²) < 4.78 is 17.5. The van der Waals surface area contributed by atoms with Crippen molar-refractivity contribution in [1.82, 2.24) is 15.1 Å². The number of thioether (sulfide) groups is 1. The fourth-order valence-corrected chi connectivity index (χ4v) is 4.50. The molecule has 0 radical (unpaired) electrons. The van der Waals surface area contributed by atoms with Crippen LogP contribution in [0, 0.1) is 0 Å². The Morgan fingerprint density at radius 3 is 2.53 bits per heavy atom. The molecule has 1 aromatic heterocycles. The summed E-state index contributed by atoms with van der Waals surface area (Å²) in [5.74, 6) is 3.42. The molecule has 0 bridgehead atoms. The smallest absolute Gasteiger partial charge is 0.263 e. The Kier molecular flexibility index (Phi) is 7.58. The molecular formula is C24H26N4O5S. The van der Waals surface area contributed by atoms with Crippen LogP contribution in [0.15, 0.2) is 48.5 Å². The van der Waals surface area contributed by atoms with Gasteiger partial charge in [0.05, 0.1) is 19.9 Å². The summed E-state index contributed by atoms with van der Waals surface area (Å²) in [6.07, 6.45) is 0. The van der Waals surface area contributed by atoms with E-state index in [0.29, 0.717) is 23.9 Å². The molecule has 2 aromatic carbocycles. The predicted molar refractivity (Wildman–Crippen MR) is 129 cm³/mol. The van der Waals surface area contributed by atoms with Gasteiger partial charge in [0.2, 0.25) is 5.91 Å². The fraction of sp³-hybridized carbons (Fsp3) is 0.292. The average Bonchev–Trinajstić information content (AvgIpc) is 3.44. The van der Waals surface area contributed by atoms with Gasteiger partial charge in [0.1, 0.15) is 29.6 Å². The second-order valence-electron chi connectivity index (χ2n) is 7.56. The van der Waals surface area contributed by atoms with Gasteiger partial charge in [-0.1, -0.05) is 18.2 Å². The molecule has 0 spiro atoms. The molecule has 0 saturated heterocycles. The Labute approximate surface area is 201 Å². The number of fused-ring (bicyclic) bond motifs is 1. The predicted octanol–water partition coefficient (Wildman–Crippen LogP) is 2.98. The van der Waals surface area contributed by atoms with Crippen LogP contribution in [-0.4, -0.2) is 42.4 Å². The van der Waals surface area contributed by atoms with Crippen molar-refractivity contribution in [3.63, 3.8) is 0 Å². The summed E-state index contributed by atoms with van der Waals surface area (Å²) in [7, 11) is 3.18. The minimum atomic E-state index is -0.331. The normalized spacial score (nSPS) is 12.1. The van der Waals surface area contributed by atoms with Gasteiger partial charge in [-0.25, -0.2) is 4.68 Å². The molecule has 34 heavy (non-hydrogen) atoms. The number of benzene rings is 2. The van der Waals surface area contributed by atoms with E-state index in [-0.39, 0.29) is 25.0 Å². The Morgan fingerprint density at radius 2 is 1.76 bits per heavy atom. The molecule has 2 heterocycles.